The minimum atomic E-state index is -0.127. The van der Waals surface area contributed by atoms with Gasteiger partial charge >= 0.3 is 0 Å². The fraction of sp³-hybridized carbons (Fsp3) is 0.368. The summed E-state index contributed by atoms with van der Waals surface area (Å²) in [5.41, 5.74) is 1.84. The summed E-state index contributed by atoms with van der Waals surface area (Å²) in [6.45, 7) is 3.04. The summed E-state index contributed by atoms with van der Waals surface area (Å²) < 4.78 is 0. The van der Waals surface area contributed by atoms with Crippen LogP contribution in [-0.2, 0) is 4.79 Å². The average Bonchev–Trinajstić information content (AvgIpc) is 2.91. The number of nitrogens with one attached hydrogen (secondary N) is 2. The Balaban J connectivity index is 1.66. The summed E-state index contributed by atoms with van der Waals surface area (Å²) in [5.74, 6) is 0.356. The molecule has 0 spiro atoms. The van der Waals surface area contributed by atoms with E-state index in [1.165, 1.54) is 26.0 Å². The third-order valence-electron chi connectivity index (χ3n) is 4.22. The zero-order valence-electron chi connectivity index (χ0n) is 14.9. The third-order valence-corrected chi connectivity index (χ3v) is 4.22. The van der Waals surface area contributed by atoms with E-state index < -0.39 is 0 Å². The lowest BCUT2D eigenvalue weighted by molar-refractivity contribution is -0.114. The van der Waals surface area contributed by atoms with E-state index in [1.807, 2.05) is 17.0 Å². The van der Waals surface area contributed by atoms with Crippen LogP contribution in [0.3, 0.4) is 0 Å². The van der Waals surface area contributed by atoms with Gasteiger partial charge in [0.15, 0.2) is 0 Å². The molecule has 0 bridgehead atoms. The molecule has 0 saturated carbocycles. The smallest absolute Gasteiger partial charge is 0.274 e. The van der Waals surface area contributed by atoms with Gasteiger partial charge in [-0.1, -0.05) is 18.9 Å². The fourth-order valence-electron chi connectivity index (χ4n) is 2.96. The van der Waals surface area contributed by atoms with E-state index in [9.17, 15) is 9.59 Å². The summed E-state index contributed by atoms with van der Waals surface area (Å²) in [7, 11) is 0. The molecule has 0 atom stereocenters. The molecule has 1 aromatic carbocycles. The van der Waals surface area contributed by atoms with Crippen molar-refractivity contribution in [2.75, 3.05) is 23.7 Å². The second-order valence-electron chi connectivity index (χ2n) is 6.38. The maximum Gasteiger partial charge on any atom is 0.274 e. The standard InChI is InChI=1S/C19H23N5O2/c1-14(25)22-15-7-6-8-16(11-15)23-18-13-20-17(12-21-18)19(26)24-9-4-2-3-5-10-24/h6-8,11-13H,2-5,9-10H2,1H3,(H,21,23)(H,22,25). The molecule has 1 fully saturated rings. The molecular formula is C19H23N5O2. The van der Waals surface area contributed by atoms with E-state index in [0.717, 1.165) is 31.6 Å². The second kappa shape index (κ2) is 8.42. The number of carbonyl (C=O) groups excluding carboxylic acids is 2. The third kappa shape index (κ3) is 4.78. The molecule has 1 saturated heterocycles. The molecule has 1 aliphatic rings. The van der Waals surface area contributed by atoms with Crippen molar-refractivity contribution in [3.05, 3.63) is 42.4 Å². The molecule has 7 nitrogen and oxygen atoms in total. The van der Waals surface area contributed by atoms with Crippen molar-refractivity contribution in [1.29, 1.82) is 0 Å². The van der Waals surface area contributed by atoms with E-state index in [-0.39, 0.29) is 11.8 Å². The summed E-state index contributed by atoms with van der Waals surface area (Å²) >= 11 is 0. The SMILES string of the molecule is CC(=O)Nc1cccc(Nc2cnc(C(=O)N3CCCCCC3)cn2)c1. The minimum Gasteiger partial charge on any atom is -0.339 e. The highest BCUT2D eigenvalue weighted by Crippen LogP contribution is 2.19. The number of benzene rings is 1. The van der Waals surface area contributed by atoms with E-state index in [4.69, 9.17) is 0 Å². The topological polar surface area (TPSA) is 87.2 Å². The van der Waals surface area contributed by atoms with Crippen LogP contribution in [-0.4, -0.2) is 39.8 Å². The first-order chi connectivity index (χ1) is 12.6. The minimum absolute atomic E-state index is 0.0568. The Bertz CT molecular complexity index is 768. The zero-order valence-corrected chi connectivity index (χ0v) is 14.9. The molecule has 0 radical (unpaired) electrons. The van der Waals surface area contributed by atoms with Crippen LogP contribution in [0.5, 0.6) is 0 Å². The summed E-state index contributed by atoms with van der Waals surface area (Å²) in [4.78, 5) is 34.1. The zero-order chi connectivity index (χ0) is 18.4. The highest BCUT2D eigenvalue weighted by atomic mass is 16.2. The van der Waals surface area contributed by atoms with Crippen LogP contribution >= 0.6 is 0 Å². The first-order valence-corrected chi connectivity index (χ1v) is 8.88. The molecule has 1 aliphatic heterocycles. The van der Waals surface area contributed by atoms with E-state index >= 15 is 0 Å². The quantitative estimate of drug-likeness (QED) is 0.881. The molecule has 0 aliphatic carbocycles. The Morgan fingerprint density at radius 2 is 1.73 bits per heavy atom. The van der Waals surface area contributed by atoms with Gasteiger partial charge in [-0.2, -0.15) is 0 Å². The van der Waals surface area contributed by atoms with Crippen molar-refractivity contribution in [3.63, 3.8) is 0 Å². The molecule has 2 N–H and O–H groups in total. The highest BCUT2D eigenvalue weighted by Gasteiger charge is 2.18. The molecule has 26 heavy (non-hydrogen) atoms. The lowest BCUT2D eigenvalue weighted by atomic mass is 10.2. The van der Waals surface area contributed by atoms with Gasteiger partial charge in [-0.25, -0.2) is 9.97 Å². The van der Waals surface area contributed by atoms with Crippen molar-refractivity contribution in [3.8, 4) is 0 Å². The maximum atomic E-state index is 12.5. The number of hydrogen-bond donors (Lipinski definition) is 2. The van der Waals surface area contributed by atoms with Crippen LogP contribution < -0.4 is 10.6 Å². The molecule has 3 rings (SSSR count). The van der Waals surface area contributed by atoms with Crippen LogP contribution in [0.4, 0.5) is 17.2 Å². The summed E-state index contributed by atoms with van der Waals surface area (Å²) in [6, 6.07) is 7.31. The van der Waals surface area contributed by atoms with Crippen LogP contribution in [0, 0.1) is 0 Å². The van der Waals surface area contributed by atoms with E-state index in [1.54, 1.807) is 18.3 Å². The summed E-state index contributed by atoms with van der Waals surface area (Å²) in [6.07, 6.45) is 7.50. The number of nitrogens with zero attached hydrogens (tertiary/aromatic N) is 3. The number of amides is 2. The first-order valence-electron chi connectivity index (χ1n) is 8.88. The molecule has 2 amide bonds. The number of likely N-dealkylation sites (tertiary alicyclic amines) is 1. The van der Waals surface area contributed by atoms with Crippen molar-refractivity contribution in [2.45, 2.75) is 32.6 Å². The predicted molar refractivity (Wildman–Crippen MR) is 100 cm³/mol. The van der Waals surface area contributed by atoms with Crippen LogP contribution in [0.1, 0.15) is 43.1 Å². The van der Waals surface area contributed by atoms with Gasteiger partial charge in [-0.3, -0.25) is 9.59 Å². The second-order valence-corrected chi connectivity index (χ2v) is 6.38. The van der Waals surface area contributed by atoms with Crippen molar-refractivity contribution in [1.82, 2.24) is 14.9 Å². The average molecular weight is 353 g/mol. The largest absolute Gasteiger partial charge is 0.339 e. The fourth-order valence-corrected chi connectivity index (χ4v) is 2.96. The summed E-state index contributed by atoms with van der Waals surface area (Å²) in [5, 5.41) is 5.85. The lowest BCUT2D eigenvalue weighted by Gasteiger charge is -2.19. The number of anilines is 3. The van der Waals surface area contributed by atoms with Gasteiger partial charge in [0, 0.05) is 31.4 Å². The number of carbonyl (C=O) groups is 2. The normalized spacial score (nSPS) is 14.4. The van der Waals surface area contributed by atoms with E-state index in [0.29, 0.717) is 17.2 Å². The van der Waals surface area contributed by atoms with Gasteiger partial charge in [0.2, 0.25) is 5.91 Å². The molecule has 1 aromatic heterocycles. The van der Waals surface area contributed by atoms with Crippen LogP contribution in [0.2, 0.25) is 0 Å². The molecule has 2 aromatic rings. The molecule has 2 heterocycles. The molecule has 0 unspecified atom stereocenters. The Labute approximate surface area is 152 Å². The van der Waals surface area contributed by atoms with Crippen LogP contribution in [0.25, 0.3) is 0 Å². The van der Waals surface area contributed by atoms with Crippen LogP contribution in [0.15, 0.2) is 36.7 Å². The first kappa shape index (κ1) is 17.8. The van der Waals surface area contributed by atoms with Crippen molar-refractivity contribution < 1.29 is 9.59 Å². The van der Waals surface area contributed by atoms with Gasteiger partial charge in [-0.05, 0) is 31.0 Å². The monoisotopic (exact) mass is 353 g/mol. The van der Waals surface area contributed by atoms with E-state index in [2.05, 4.69) is 20.6 Å². The molecule has 7 heteroatoms. The van der Waals surface area contributed by atoms with Gasteiger partial charge in [-0.15, -0.1) is 0 Å². The number of rotatable bonds is 4. The van der Waals surface area contributed by atoms with Gasteiger partial charge in [0.25, 0.3) is 5.91 Å². The van der Waals surface area contributed by atoms with Crippen molar-refractivity contribution in [2.24, 2.45) is 0 Å². The predicted octanol–water partition coefficient (Wildman–Crippen LogP) is 3.19. The number of aromatic nitrogens is 2. The Morgan fingerprint density at radius 3 is 2.38 bits per heavy atom. The Morgan fingerprint density at radius 1 is 1.00 bits per heavy atom. The Hall–Kier alpha value is -2.96. The highest BCUT2D eigenvalue weighted by molar-refractivity contribution is 5.92. The van der Waals surface area contributed by atoms with Gasteiger partial charge in [0.1, 0.15) is 11.5 Å². The number of hydrogen-bond acceptors (Lipinski definition) is 5. The molecule has 136 valence electrons. The van der Waals surface area contributed by atoms with Gasteiger partial charge < -0.3 is 15.5 Å². The Kier molecular flexibility index (Phi) is 5.78. The maximum absolute atomic E-state index is 12.5. The lowest BCUT2D eigenvalue weighted by Crippen LogP contribution is -2.32. The van der Waals surface area contributed by atoms with Crippen molar-refractivity contribution >= 4 is 29.0 Å². The van der Waals surface area contributed by atoms with Gasteiger partial charge in [0.05, 0.1) is 12.4 Å². The molecular weight excluding hydrogens is 330 g/mol.